The number of ketones is 1. The number of aromatic nitrogens is 2. The summed E-state index contributed by atoms with van der Waals surface area (Å²) >= 11 is 0. The van der Waals surface area contributed by atoms with Crippen molar-refractivity contribution in [3.05, 3.63) is 71.9 Å². The molecule has 0 aliphatic carbocycles. The van der Waals surface area contributed by atoms with Gasteiger partial charge in [0, 0.05) is 35.3 Å². The van der Waals surface area contributed by atoms with Crippen molar-refractivity contribution in [3.8, 4) is 17.0 Å². The normalized spacial score (nSPS) is 13.1. The number of hydrogen-bond donors (Lipinski definition) is 2. The van der Waals surface area contributed by atoms with Gasteiger partial charge in [-0.05, 0) is 49.7 Å². The minimum Gasteiger partial charge on any atom is -0.506 e. The summed E-state index contributed by atoms with van der Waals surface area (Å²) in [5.74, 6) is -1.35. The second-order valence-corrected chi connectivity index (χ2v) is 9.82. The molecule has 8 nitrogen and oxygen atoms in total. The second-order valence-electron chi connectivity index (χ2n) is 8.18. The number of pyridine rings is 2. The lowest BCUT2D eigenvalue weighted by Crippen LogP contribution is -2.38. The van der Waals surface area contributed by atoms with Crippen LogP contribution in [0.1, 0.15) is 24.6 Å². The Morgan fingerprint density at radius 1 is 1.11 bits per heavy atom. The second kappa shape index (κ2) is 9.90. The molecule has 1 atom stereocenters. The zero-order chi connectivity index (χ0) is 27.0. The summed E-state index contributed by atoms with van der Waals surface area (Å²) in [6.07, 6.45) is -2.90. The molecule has 0 unspecified atom stereocenters. The highest BCUT2D eigenvalue weighted by Crippen LogP contribution is 2.32. The minimum absolute atomic E-state index is 0.0583. The van der Waals surface area contributed by atoms with Crippen molar-refractivity contribution in [2.75, 3.05) is 0 Å². The highest BCUT2D eigenvalue weighted by Gasteiger charge is 2.31. The van der Waals surface area contributed by atoms with Crippen LogP contribution in [-0.2, 0) is 27.4 Å². The topological polar surface area (TPSA) is 122 Å². The van der Waals surface area contributed by atoms with Crippen LogP contribution < -0.4 is 4.72 Å². The fraction of sp³-hybridized carbons (Fsp3) is 0.208. The monoisotopic (exact) mass is 537 g/mol. The molecule has 2 N–H and O–H groups in total. The van der Waals surface area contributed by atoms with Crippen LogP contribution in [0.2, 0.25) is 0 Å². The standard InChI is InChI=1S/C24H19F4N3O5S/c1-13(31-37(34,35)23-9-14-8-16(25)3-7-22(14)36-23)20(32)6-4-17-10-18(21(33)12-29-17)19-5-2-15(11-30-19)24(26,27)28/h2-3,5,7-13,31,33H,4,6H2,1H3/t13-/m0/s1. The van der Waals surface area contributed by atoms with Gasteiger partial charge in [0.25, 0.3) is 10.0 Å². The van der Waals surface area contributed by atoms with Gasteiger partial charge in [0.1, 0.15) is 17.1 Å². The van der Waals surface area contributed by atoms with Gasteiger partial charge < -0.3 is 9.52 Å². The first-order valence-electron chi connectivity index (χ1n) is 10.8. The number of hydrogen-bond acceptors (Lipinski definition) is 7. The van der Waals surface area contributed by atoms with Crippen LogP contribution in [0, 0.1) is 5.82 Å². The highest BCUT2D eigenvalue weighted by molar-refractivity contribution is 7.89. The van der Waals surface area contributed by atoms with Crippen LogP contribution in [0.4, 0.5) is 17.6 Å². The maximum absolute atomic E-state index is 13.4. The van der Waals surface area contributed by atoms with E-state index in [0.717, 1.165) is 36.5 Å². The molecule has 13 heteroatoms. The van der Waals surface area contributed by atoms with Gasteiger partial charge in [-0.3, -0.25) is 14.8 Å². The van der Waals surface area contributed by atoms with E-state index in [1.807, 2.05) is 0 Å². The molecular formula is C24H19F4N3O5S. The Hall–Kier alpha value is -3.84. The Morgan fingerprint density at radius 3 is 2.54 bits per heavy atom. The molecular weight excluding hydrogens is 518 g/mol. The molecule has 4 rings (SSSR count). The van der Waals surface area contributed by atoms with E-state index in [9.17, 15) is 35.9 Å². The van der Waals surface area contributed by atoms with E-state index in [2.05, 4.69) is 14.7 Å². The van der Waals surface area contributed by atoms with Crippen LogP contribution >= 0.6 is 0 Å². The molecule has 0 saturated heterocycles. The lowest BCUT2D eigenvalue weighted by molar-refractivity contribution is -0.137. The Kier molecular flexibility index (Phi) is 7.02. The zero-order valence-electron chi connectivity index (χ0n) is 19.1. The molecule has 0 radical (unpaired) electrons. The molecule has 3 aromatic heterocycles. The average Bonchev–Trinajstić information content (AvgIpc) is 3.27. The Morgan fingerprint density at radius 2 is 1.86 bits per heavy atom. The number of sulfonamides is 1. The third-order valence-electron chi connectivity index (χ3n) is 5.47. The molecule has 0 aliphatic rings. The number of carbonyl (C=O) groups excluding carboxylic acids is 1. The predicted octanol–water partition coefficient (Wildman–Crippen LogP) is 4.62. The average molecular weight is 537 g/mol. The van der Waals surface area contributed by atoms with Crippen LogP contribution in [-0.4, -0.2) is 35.3 Å². The highest BCUT2D eigenvalue weighted by atomic mass is 32.2. The molecule has 3 heterocycles. The zero-order valence-corrected chi connectivity index (χ0v) is 19.9. The molecule has 194 valence electrons. The van der Waals surface area contributed by atoms with E-state index in [1.54, 1.807) is 0 Å². The number of nitrogens with one attached hydrogen (secondary N) is 1. The number of nitrogens with zero attached hydrogens (tertiary/aromatic N) is 2. The maximum atomic E-state index is 13.4. The van der Waals surface area contributed by atoms with Gasteiger partial charge >= 0.3 is 6.18 Å². The van der Waals surface area contributed by atoms with Crippen molar-refractivity contribution in [3.63, 3.8) is 0 Å². The number of aromatic hydroxyl groups is 1. The molecule has 1 aromatic carbocycles. The van der Waals surface area contributed by atoms with Gasteiger partial charge in [-0.25, -0.2) is 12.8 Å². The van der Waals surface area contributed by atoms with Crippen LogP contribution in [0.3, 0.4) is 0 Å². The molecule has 0 saturated carbocycles. The van der Waals surface area contributed by atoms with Gasteiger partial charge in [0.05, 0.1) is 23.5 Å². The third-order valence-corrected chi connectivity index (χ3v) is 6.86. The van der Waals surface area contributed by atoms with E-state index in [1.165, 1.54) is 19.1 Å². The lowest BCUT2D eigenvalue weighted by Gasteiger charge is -2.12. The first-order chi connectivity index (χ1) is 17.3. The van der Waals surface area contributed by atoms with E-state index in [0.29, 0.717) is 11.9 Å². The molecule has 0 amide bonds. The fourth-order valence-electron chi connectivity index (χ4n) is 3.50. The van der Waals surface area contributed by atoms with E-state index < -0.39 is 44.5 Å². The van der Waals surface area contributed by atoms with Gasteiger partial charge in [-0.2, -0.15) is 17.9 Å². The summed E-state index contributed by atoms with van der Waals surface area (Å²) in [5.41, 5.74) is -0.245. The number of fused-ring (bicyclic) bond motifs is 1. The Labute approximate surface area is 208 Å². The van der Waals surface area contributed by atoms with Crippen LogP contribution in [0.5, 0.6) is 5.75 Å². The van der Waals surface area contributed by atoms with Crippen molar-refractivity contribution in [1.29, 1.82) is 0 Å². The van der Waals surface area contributed by atoms with Gasteiger partial charge in [0.2, 0.25) is 5.09 Å². The minimum atomic E-state index is -4.56. The number of benzene rings is 1. The summed E-state index contributed by atoms with van der Waals surface area (Å²) in [4.78, 5) is 20.4. The van der Waals surface area contributed by atoms with Crippen molar-refractivity contribution in [2.45, 2.75) is 37.1 Å². The first kappa shape index (κ1) is 26.2. The van der Waals surface area contributed by atoms with Crippen molar-refractivity contribution in [1.82, 2.24) is 14.7 Å². The summed E-state index contributed by atoms with van der Waals surface area (Å²) in [7, 11) is -4.22. The fourth-order valence-corrected chi connectivity index (χ4v) is 4.70. The van der Waals surface area contributed by atoms with Crippen molar-refractivity contribution in [2.24, 2.45) is 0 Å². The molecule has 0 aliphatic heterocycles. The number of aryl methyl sites for hydroxylation is 1. The quantitative estimate of drug-likeness (QED) is 0.315. The summed E-state index contributed by atoms with van der Waals surface area (Å²) in [5, 5.41) is 9.86. The van der Waals surface area contributed by atoms with Gasteiger partial charge in [-0.1, -0.05) is 0 Å². The smallest absolute Gasteiger partial charge is 0.417 e. The number of Topliss-reactive ketones (excluding diaryl/α,β-unsaturated/α-hetero) is 1. The predicted molar refractivity (Wildman–Crippen MR) is 123 cm³/mol. The number of carbonyl (C=O) groups is 1. The van der Waals surface area contributed by atoms with Crippen molar-refractivity contribution < 1.29 is 40.3 Å². The van der Waals surface area contributed by atoms with E-state index in [4.69, 9.17) is 4.42 Å². The van der Waals surface area contributed by atoms with Crippen LogP contribution in [0.25, 0.3) is 22.2 Å². The Balaban J connectivity index is 1.42. The lowest BCUT2D eigenvalue weighted by atomic mass is 10.0. The first-order valence-corrected chi connectivity index (χ1v) is 12.3. The molecule has 4 aromatic rings. The van der Waals surface area contributed by atoms with Gasteiger partial charge in [0.15, 0.2) is 5.78 Å². The third kappa shape index (κ3) is 5.94. The number of halogens is 4. The van der Waals surface area contributed by atoms with Crippen molar-refractivity contribution >= 4 is 26.8 Å². The summed E-state index contributed by atoms with van der Waals surface area (Å²) < 4.78 is 84.4. The molecule has 0 spiro atoms. The van der Waals surface area contributed by atoms with E-state index in [-0.39, 0.29) is 40.8 Å². The van der Waals surface area contributed by atoms with E-state index >= 15 is 0 Å². The Bertz CT molecular complexity index is 1570. The molecule has 37 heavy (non-hydrogen) atoms. The van der Waals surface area contributed by atoms with Gasteiger partial charge in [-0.15, -0.1) is 0 Å². The number of rotatable bonds is 8. The largest absolute Gasteiger partial charge is 0.506 e. The SMILES string of the molecule is C[C@H](NS(=O)(=O)c1cc2cc(F)ccc2o1)C(=O)CCc1cc(-c2ccc(C(F)(F)F)cn2)c(O)cn1. The summed E-state index contributed by atoms with van der Waals surface area (Å²) in [6, 6.07) is 6.87. The molecule has 0 fully saturated rings. The number of alkyl halides is 3. The number of furan rings is 1. The molecule has 0 bridgehead atoms. The summed E-state index contributed by atoms with van der Waals surface area (Å²) in [6.45, 7) is 1.35. The maximum Gasteiger partial charge on any atom is 0.417 e. The van der Waals surface area contributed by atoms with Crippen LogP contribution in [0.15, 0.2) is 64.4 Å².